The van der Waals surface area contributed by atoms with Crippen LogP contribution < -0.4 is 9.64 Å². The lowest BCUT2D eigenvalue weighted by Crippen LogP contribution is -2.07. The van der Waals surface area contributed by atoms with E-state index in [1.165, 1.54) is 17.4 Å². The molecule has 0 unspecified atom stereocenters. The van der Waals surface area contributed by atoms with Crippen molar-refractivity contribution in [2.75, 3.05) is 32.7 Å². The van der Waals surface area contributed by atoms with E-state index in [4.69, 9.17) is 9.47 Å². The molecule has 0 radical (unpaired) electrons. The van der Waals surface area contributed by atoms with Crippen molar-refractivity contribution >= 4 is 28.5 Å². The molecule has 0 aliphatic carbocycles. The van der Waals surface area contributed by atoms with Gasteiger partial charge in [0.05, 0.1) is 18.6 Å². The van der Waals surface area contributed by atoms with Gasteiger partial charge < -0.3 is 14.4 Å². The molecular weight excluding hydrogens is 264 g/mol. The van der Waals surface area contributed by atoms with E-state index in [1.54, 1.807) is 26.2 Å². The van der Waals surface area contributed by atoms with Gasteiger partial charge in [-0.2, -0.15) is 4.98 Å². The number of methoxy groups -OCH3 is 1. The zero-order chi connectivity index (χ0) is 14.3. The van der Waals surface area contributed by atoms with Gasteiger partial charge in [0, 0.05) is 20.2 Å². The number of carbonyl (C=O) groups is 1. The fraction of sp³-hybridized carbons (Fsp3) is 0.385. The van der Waals surface area contributed by atoms with E-state index in [0.717, 1.165) is 10.0 Å². The van der Waals surface area contributed by atoms with Crippen LogP contribution in [0.1, 0.15) is 11.8 Å². The van der Waals surface area contributed by atoms with Gasteiger partial charge in [-0.15, -0.1) is 0 Å². The van der Waals surface area contributed by atoms with Crippen LogP contribution in [0.25, 0.3) is 6.08 Å². The number of nitrogens with zero attached hydrogens (tertiary/aromatic N) is 2. The molecule has 19 heavy (non-hydrogen) atoms. The summed E-state index contributed by atoms with van der Waals surface area (Å²) < 4.78 is 9.97. The predicted octanol–water partition coefficient (Wildman–Crippen LogP) is 2.35. The van der Waals surface area contributed by atoms with E-state index in [1.807, 2.05) is 25.1 Å². The second kappa shape index (κ2) is 7.58. The van der Waals surface area contributed by atoms with Gasteiger partial charge in [0.25, 0.3) is 0 Å². The Kier molecular flexibility index (Phi) is 6.08. The summed E-state index contributed by atoms with van der Waals surface area (Å²) >= 11 is 1.51. The summed E-state index contributed by atoms with van der Waals surface area (Å²) in [7, 11) is 5.43. The number of hydrogen-bond donors (Lipinski definition) is 0. The van der Waals surface area contributed by atoms with E-state index in [0.29, 0.717) is 12.5 Å². The molecule has 0 bridgehead atoms. The average Bonchev–Trinajstić information content (AvgIpc) is 2.78. The molecule has 1 aromatic rings. The first-order valence-corrected chi connectivity index (χ1v) is 6.63. The Morgan fingerprint density at radius 3 is 2.74 bits per heavy atom. The minimum absolute atomic E-state index is 0.350. The Bertz CT molecular complexity index is 478. The molecule has 0 amide bonds. The Balaban J connectivity index is 2.73. The lowest BCUT2D eigenvalue weighted by molar-refractivity contribution is -0.137. The van der Waals surface area contributed by atoms with Gasteiger partial charge in [0.15, 0.2) is 5.13 Å². The normalized spacial score (nSPS) is 11.2. The van der Waals surface area contributed by atoms with Crippen molar-refractivity contribution in [2.45, 2.75) is 6.92 Å². The van der Waals surface area contributed by atoms with Crippen LogP contribution in [0, 0.1) is 0 Å². The lowest BCUT2D eigenvalue weighted by Gasteiger charge is -2.04. The molecule has 0 aromatic carbocycles. The summed E-state index contributed by atoms with van der Waals surface area (Å²) in [6.45, 7) is 2.15. The summed E-state index contributed by atoms with van der Waals surface area (Å²) in [6.07, 6.45) is 6.61. The number of hydrogen-bond acceptors (Lipinski definition) is 6. The predicted molar refractivity (Wildman–Crippen MR) is 77.8 cm³/mol. The Morgan fingerprint density at radius 2 is 2.16 bits per heavy atom. The second-order valence-electron chi connectivity index (χ2n) is 3.73. The molecule has 1 aromatic heterocycles. The van der Waals surface area contributed by atoms with E-state index < -0.39 is 0 Å². The first kappa shape index (κ1) is 15.2. The second-order valence-corrected chi connectivity index (χ2v) is 4.74. The molecule has 0 spiro atoms. The van der Waals surface area contributed by atoms with E-state index in [2.05, 4.69) is 4.98 Å². The molecule has 5 nitrogen and oxygen atoms in total. The molecule has 0 fully saturated rings. The van der Waals surface area contributed by atoms with Crippen LogP contribution in [0.3, 0.4) is 0 Å². The molecule has 0 N–H and O–H groups in total. The standard InChI is InChI=1S/C13H18N2O3S/c1-5-18-11(16)9-7-6-8-10-12(17-4)14-13(19-10)15(2)3/h6-9H,5H2,1-4H3. The Hall–Kier alpha value is -1.82. The van der Waals surface area contributed by atoms with Gasteiger partial charge in [-0.1, -0.05) is 23.5 Å². The van der Waals surface area contributed by atoms with Crippen LogP contribution in [0.5, 0.6) is 5.88 Å². The fourth-order valence-electron chi connectivity index (χ4n) is 1.22. The maximum Gasteiger partial charge on any atom is 0.330 e. The molecule has 0 saturated carbocycles. The lowest BCUT2D eigenvalue weighted by atomic mass is 10.4. The van der Waals surface area contributed by atoms with Gasteiger partial charge >= 0.3 is 5.97 Å². The van der Waals surface area contributed by atoms with Crippen LogP contribution in [-0.4, -0.2) is 38.8 Å². The topological polar surface area (TPSA) is 51.7 Å². The molecular formula is C13H18N2O3S. The molecule has 104 valence electrons. The molecule has 1 heterocycles. The number of carbonyl (C=O) groups excluding carboxylic acids is 1. The highest BCUT2D eigenvalue weighted by Gasteiger charge is 2.09. The van der Waals surface area contributed by atoms with Crippen molar-refractivity contribution in [3.8, 4) is 5.88 Å². The Labute approximate surface area is 117 Å². The molecule has 0 atom stereocenters. The number of aromatic nitrogens is 1. The Morgan fingerprint density at radius 1 is 1.42 bits per heavy atom. The van der Waals surface area contributed by atoms with Crippen molar-refractivity contribution in [1.82, 2.24) is 4.98 Å². The maximum absolute atomic E-state index is 11.1. The fourth-order valence-corrected chi connectivity index (χ4v) is 2.09. The number of esters is 1. The molecule has 1 rings (SSSR count). The quantitative estimate of drug-likeness (QED) is 0.455. The van der Waals surface area contributed by atoms with E-state index >= 15 is 0 Å². The van der Waals surface area contributed by atoms with Crippen molar-refractivity contribution < 1.29 is 14.3 Å². The van der Waals surface area contributed by atoms with Gasteiger partial charge in [0.2, 0.25) is 5.88 Å². The maximum atomic E-state index is 11.1. The van der Waals surface area contributed by atoms with Crippen LogP contribution in [0.15, 0.2) is 18.2 Å². The number of ether oxygens (including phenoxy) is 2. The summed E-state index contributed by atoms with van der Waals surface area (Å²) in [4.78, 5) is 18.2. The summed E-state index contributed by atoms with van der Waals surface area (Å²) in [5, 5.41) is 0.867. The zero-order valence-electron chi connectivity index (χ0n) is 11.5. The van der Waals surface area contributed by atoms with Crippen molar-refractivity contribution in [3.05, 3.63) is 23.1 Å². The van der Waals surface area contributed by atoms with Gasteiger partial charge in [-0.25, -0.2) is 4.79 Å². The van der Waals surface area contributed by atoms with Crippen molar-refractivity contribution in [2.24, 2.45) is 0 Å². The van der Waals surface area contributed by atoms with Crippen LogP contribution >= 0.6 is 11.3 Å². The van der Waals surface area contributed by atoms with E-state index in [-0.39, 0.29) is 5.97 Å². The first-order valence-electron chi connectivity index (χ1n) is 5.82. The summed E-state index contributed by atoms with van der Waals surface area (Å²) in [5.74, 6) is 0.229. The third-order valence-electron chi connectivity index (χ3n) is 2.06. The van der Waals surface area contributed by atoms with Crippen LogP contribution in [0.2, 0.25) is 0 Å². The monoisotopic (exact) mass is 282 g/mol. The minimum atomic E-state index is -0.350. The highest BCUT2D eigenvalue weighted by Crippen LogP contribution is 2.31. The third kappa shape index (κ3) is 4.75. The molecule has 0 aliphatic heterocycles. The molecule has 0 aliphatic rings. The average molecular weight is 282 g/mol. The summed E-state index contributed by atoms with van der Waals surface area (Å²) in [5.41, 5.74) is 0. The van der Waals surface area contributed by atoms with Gasteiger partial charge in [0.1, 0.15) is 0 Å². The van der Waals surface area contributed by atoms with Crippen molar-refractivity contribution in [3.63, 3.8) is 0 Å². The zero-order valence-corrected chi connectivity index (χ0v) is 12.4. The third-order valence-corrected chi connectivity index (χ3v) is 3.23. The number of rotatable bonds is 6. The van der Waals surface area contributed by atoms with E-state index in [9.17, 15) is 4.79 Å². The minimum Gasteiger partial charge on any atom is -0.480 e. The van der Waals surface area contributed by atoms with Crippen LogP contribution in [0.4, 0.5) is 5.13 Å². The highest BCUT2D eigenvalue weighted by atomic mass is 32.1. The highest BCUT2D eigenvalue weighted by molar-refractivity contribution is 7.16. The van der Waals surface area contributed by atoms with Crippen molar-refractivity contribution in [1.29, 1.82) is 0 Å². The number of thiazole rings is 1. The number of anilines is 1. The van der Waals surface area contributed by atoms with Gasteiger partial charge in [-0.3, -0.25) is 0 Å². The largest absolute Gasteiger partial charge is 0.480 e. The SMILES string of the molecule is CCOC(=O)C=CC=Cc1sc(N(C)C)nc1OC. The number of allylic oxidation sites excluding steroid dienone is 2. The smallest absolute Gasteiger partial charge is 0.330 e. The summed E-state index contributed by atoms with van der Waals surface area (Å²) in [6, 6.07) is 0. The first-order chi connectivity index (χ1) is 9.08. The van der Waals surface area contributed by atoms with Crippen LogP contribution in [-0.2, 0) is 9.53 Å². The molecule has 0 saturated heterocycles. The van der Waals surface area contributed by atoms with Gasteiger partial charge in [-0.05, 0) is 13.0 Å². The molecule has 6 heteroatoms.